The molecule has 0 bridgehead atoms. The third-order valence-electron chi connectivity index (χ3n) is 2.31. The van der Waals surface area contributed by atoms with Crippen molar-refractivity contribution in [1.82, 2.24) is 15.2 Å². The zero-order valence-electron chi connectivity index (χ0n) is 9.25. The maximum absolute atomic E-state index is 10.6. The van der Waals surface area contributed by atoms with Crippen molar-refractivity contribution in [3.05, 3.63) is 34.0 Å². The molecule has 0 saturated carbocycles. The Bertz CT molecular complexity index is 580. The first-order valence-electron chi connectivity index (χ1n) is 5.00. The van der Waals surface area contributed by atoms with E-state index < -0.39 is 4.92 Å². The summed E-state index contributed by atoms with van der Waals surface area (Å²) in [5.74, 6) is 0.751. The van der Waals surface area contributed by atoms with Crippen LogP contribution >= 0.6 is 0 Å². The number of nitro groups is 1. The van der Waals surface area contributed by atoms with Crippen LogP contribution in [0.2, 0.25) is 0 Å². The van der Waals surface area contributed by atoms with Crippen molar-refractivity contribution < 1.29 is 4.92 Å². The SMILES string of the molecule is Nc1nc(NCc2cn[nH]c2N)ccc1[N+](=O)[O-]. The predicted octanol–water partition coefficient (Wildman–Crippen LogP) is 0.489. The number of anilines is 3. The maximum Gasteiger partial charge on any atom is 0.311 e. The Hall–Kier alpha value is -2.84. The highest BCUT2D eigenvalue weighted by Crippen LogP contribution is 2.21. The number of nitrogens with zero attached hydrogens (tertiary/aromatic N) is 3. The first-order chi connectivity index (χ1) is 8.58. The lowest BCUT2D eigenvalue weighted by molar-refractivity contribution is -0.384. The lowest BCUT2D eigenvalue weighted by Crippen LogP contribution is -2.05. The number of nitrogens with two attached hydrogens (primary N) is 2. The van der Waals surface area contributed by atoms with Crippen LogP contribution in [0, 0.1) is 10.1 Å². The van der Waals surface area contributed by atoms with Gasteiger partial charge in [-0.1, -0.05) is 0 Å². The van der Waals surface area contributed by atoms with Crippen LogP contribution in [0.15, 0.2) is 18.3 Å². The molecule has 6 N–H and O–H groups in total. The number of aromatic amines is 1. The number of nitrogen functional groups attached to an aromatic ring is 2. The van der Waals surface area contributed by atoms with Crippen LogP contribution < -0.4 is 16.8 Å². The van der Waals surface area contributed by atoms with E-state index in [2.05, 4.69) is 20.5 Å². The van der Waals surface area contributed by atoms with Gasteiger partial charge in [0.25, 0.3) is 0 Å². The number of hydrogen-bond donors (Lipinski definition) is 4. The largest absolute Gasteiger partial charge is 0.384 e. The highest BCUT2D eigenvalue weighted by atomic mass is 16.6. The van der Waals surface area contributed by atoms with E-state index in [9.17, 15) is 10.1 Å². The molecule has 9 nitrogen and oxygen atoms in total. The minimum atomic E-state index is -0.583. The summed E-state index contributed by atoms with van der Waals surface area (Å²) in [5, 5.41) is 19.9. The van der Waals surface area contributed by atoms with Crippen molar-refractivity contribution in [3.63, 3.8) is 0 Å². The fourth-order valence-electron chi connectivity index (χ4n) is 1.37. The van der Waals surface area contributed by atoms with Crippen LogP contribution in [0.4, 0.5) is 23.1 Å². The topological polar surface area (TPSA) is 149 Å². The zero-order chi connectivity index (χ0) is 13.1. The van der Waals surface area contributed by atoms with Crippen LogP contribution in [0.25, 0.3) is 0 Å². The summed E-state index contributed by atoms with van der Waals surface area (Å²) >= 11 is 0. The van der Waals surface area contributed by atoms with Gasteiger partial charge in [0.15, 0.2) is 0 Å². The minimum absolute atomic E-state index is 0.134. The van der Waals surface area contributed by atoms with Crippen molar-refractivity contribution in [2.75, 3.05) is 16.8 Å². The zero-order valence-corrected chi connectivity index (χ0v) is 9.25. The number of nitrogens with one attached hydrogen (secondary N) is 2. The molecule has 18 heavy (non-hydrogen) atoms. The van der Waals surface area contributed by atoms with Crippen LogP contribution in [0.1, 0.15) is 5.56 Å². The highest BCUT2D eigenvalue weighted by molar-refractivity contribution is 5.57. The fourth-order valence-corrected chi connectivity index (χ4v) is 1.37. The molecule has 0 aliphatic rings. The molecule has 0 radical (unpaired) electrons. The molecular formula is C9H11N7O2. The third-order valence-corrected chi connectivity index (χ3v) is 2.31. The Morgan fingerprint density at radius 2 is 2.22 bits per heavy atom. The second kappa shape index (κ2) is 4.57. The van der Waals surface area contributed by atoms with Crippen LogP contribution in [0.5, 0.6) is 0 Å². The number of H-pyrrole nitrogens is 1. The number of hydrogen-bond acceptors (Lipinski definition) is 7. The standard InChI is InChI=1S/C9H11N7O2/c10-8-5(4-13-15-8)3-12-7-2-1-6(16(17)18)9(11)14-7/h1-2,4H,3H2,(H3,10,13,15)(H3,11,12,14). The first-order valence-corrected chi connectivity index (χ1v) is 5.00. The third kappa shape index (κ3) is 2.29. The van der Waals surface area contributed by atoms with Gasteiger partial charge in [0.1, 0.15) is 11.6 Å². The van der Waals surface area contributed by atoms with E-state index in [1.807, 2.05) is 0 Å². The molecule has 0 fully saturated rings. The Kier molecular flexibility index (Phi) is 2.96. The van der Waals surface area contributed by atoms with Gasteiger partial charge in [-0.05, 0) is 6.07 Å². The molecule has 0 unspecified atom stereocenters. The molecule has 0 amide bonds. The molecule has 2 aromatic rings. The summed E-state index contributed by atoms with van der Waals surface area (Å²) in [4.78, 5) is 13.9. The fraction of sp³-hybridized carbons (Fsp3) is 0.111. The number of rotatable bonds is 4. The summed E-state index contributed by atoms with van der Waals surface area (Å²) in [6.07, 6.45) is 1.58. The highest BCUT2D eigenvalue weighted by Gasteiger charge is 2.12. The second-order valence-corrected chi connectivity index (χ2v) is 3.52. The van der Waals surface area contributed by atoms with Gasteiger partial charge in [0, 0.05) is 18.2 Å². The summed E-state index contributed by atoms with van der Waals surface area (Å²) in [5.41, 5.74) is 11.6. The molecule has 0 spiro atoms. The van der Waals surface area contributed by atoms with Crippen molar-refractivity contribution in [3.8, 4) is 0 Å². The van der Waals surface area contributed by atoms with Crippen molar-refractivity contribution in [2.45, 2.75) is 6.54 Å². The summed E-state index contributed by atoms with van der Waals surface area (Å²) in [6.45, 7) is 0.395. The molecule has 2 aromatic heterocycles. The Morgan fingerprint density at radius 1 is 1.44 bits per heavy atom. The van der Waals surface area contributed by atoms with Crippen LogP contribution in [-0.2, 0) is 6.54 Å². The van der Waals surface area contributed by atoms with Crippen molar-refractivity contribution in [2.24, 2.45) is 0 Å². The van der Waals surface area contributed by atoms with E-state index in [4.69, 9.17) is 11.5 Å². The molecule has 9 heteroatoms. The lowest BCUT2D eigenvalue weighted by atomic mass is 10.3. The van der Waals surface area contributed by atoms with Gasteiger partial charge in [0.05, 0.1) is 11.1 Å². The molecule has 0 atom stereocenters. The average molecular weight is 249 g/mol. The monoisotopic (exact) mass is 249 g/mol. The van der Waals surface area contributed by atoms with E-state index in [0.717, 1.165) is 5.56 Å². The lowest BCUT2D eigenvalue weighted by Gasteiger charge is -2.05. The predicted molar refractivity (Wildman–Crippen MR) is 65.6 cm³/mol. The van der Waals surface area contributed by atoms with E-state index in [-0.39, 0.29) is 11.5 Å². The van der Waals surface area contributed by atoms with E-state index in [1.165, 1.54) is 12.1 Å². The molecule has 94 valence electrons. The maximum atomic E-state index is 10.6. The summed E-state index contributed by atoms with van der Waals surface area (Å²) in [6, 6.07) is 2.77. The average Bonchev–Trinajstić information content (AvgIpc) is 2.72. The van der Waals surface area contributed by atoms with Gasteiger partial charge in [-0.15, -0.1) is 0 Å². The van der Waals surface area contributed by atoms with Gasteiger partial charge in [-0.25, -0.2) is 4.98 Å². The number of aromatic nitrogens is 3. The molecule has 2 rings (SSSR count). The second-order valence-electron chi connectivity index (χ2n) is 3.52. The smallest absolute Gasteiger partial charge is 0.311 e. The molecular weight excluding hydrogens is 238 g/mol. The minimum Gasteiger partial charge on any atom is -0.384 e. The summed E-state index contributed by atoms with van der Waals surface area (Å²) in [7, 11) is 0. The normalized spacial score (nSPS) is 10.2. The van der Waals surface area contributed by atoms with Gasteiger partial charge in [-0.2, -0.15) is 5.10 Å². The van der Waals surface area contributed by atoms with E-state index in [1.54, 1.807) is 6.20 Å². The molecule has 0 aliphatic carbocycles. The van der Waals surface area contributed by atoms with Gasteiger partial charge in [0.2, 0.25) is 5.82 Å². The molecule has 0 aliphatic heterocycles. The Labute approximate surface area is 101 Å². The van der Waals surface area contributed by atoms with Crippen LogP contribution in [-0.4, -0.2) is 20.1 Å². The van der Waals surface area contributed by atoms with Gasteiger partial charge in [-0.3, -0.25) is 15.2 Å². The first kappa shape index (κ1) is 11.6. The van der Waals surface area contributed by atoms with Gasteiger partial charge >= 0.3 is 5.69 Å². The van der Waals surface area contributed by atoms with Crippen LogP contribution in [0.3, 0.4) is 0 Å². The Morgan fingerprint density at radius 3 is 2.78 bits per heavy atom. The number of pyridine rings is 1. The Balaban J connectivity index is 2.09. The quantitative estimate of drug-likeness (QED) is 0.455. The summed E-state index contributed by atoms with van der Waals surface area (Å²) < 4.78 is 0. The van der Waals surface area contributed by atoms with Gasteiger partial charge < -0.3 is 16.8 Å². The molecule has 0 aromatic carbocycles. The van der Waals surface area contributed by atoms with Crippen molar-refractivity contribution >= 4 is 23.1 Å². The van der Waals surface area contributed by atoms with E-state index >= 15 is 0 Å². The van der Waals surface area contributed by atoms with Crippen molar-refractivity contribution in [1.29, 1.82) is 0 Å². The van der Waals surface area contributed by atoms with E-state index in [0.29, 0.717) is 18.2 Å². The molecule has 2 heterocycles. The molecule has 0 saturated heterocycles.